The number of nitrogen functional groups attached to an aromatic ring is 1. The van der Waals surface area contributed by atoms with Gasteiger partial charge in [0.1, 0.15) is 5.75 Å². The highest BCUT2D eigenvalue weighted by molar-refractivity contribution is 7.98. The molecule has 0 unspecified atom stereocenters. The van der Waals surface area contributed by atoms with Crippen molar-refractivity contribution in [3.05, 3.63) is 35.3 Å². The van der Waals surface area contributed by atoms with E-state index in [1.807, 2.05) is 17.5 Å². The van der Waals surface area contributed by atoms with Crippen molar-refractivity contribution >= 4 is 28.2 Å². The van der Waals surface area contributed by atoms with Crippen LogP contribution in [0.3, 0.4) is 0 Å². The molecule has 78 valence electrons. The molecule has 0 fully saturated rings. The largest absolute Gasteiger partial charge is 0.508 e. The van der Waals surface area contributed by atoms with Crippen molar-refractivity contribution in [3.63, 3.8) is 0 Å². The van der Waals surface area contributed by atoms with Crippen molar-refractivity contribution < 1.29 is 5.11 Å². The monoisotopic (exact) mass is 238 g/mol. The fourth-order valence-corrected chi connectivity index (χ4v) is 2.55. The first-order valence-corrected chi connectivity index (χ1v) is 6.22. The Labute approximate surface area is 96.0 Å². The van der Waals surface area contributed by atoms with Gasteiger partial charge in [0.05, 0.1) is 5.69 Å². The average molecular weight is 238 g/mol. The minimum atomic E-state index is 0.289. The van der Waals surface area contributed by atoms with Gasteiger partial charge in [0, 0.05) is 16.0 Å². The van der Waals surface area contributed by atoms with E-state index < -0.39 is 0 Å². The molecule has 0 saturated carbocycles. The SMILES string of the molecule is Nc1nc(CSc2ccc(O)cc2)cs1. The molecule has 0 amide bonds. The lowest BCUT2D eigenvalue weighted by Gasteiger charge is -1.99. The molecule has 1 aromatic carbocycles. The number of hydrogen-bond donors (Lipinski definition) is 2. The summed E-state index contributed by atoms with van der Waals surface area (Å²) in [5.41, 5.74) is 6.53. The maximum Gasteiger partial charge on any atom is 0.180 e. The van der Waals surface area contributed by atoms with Crippen LogP contribution in [0, 0.1) is 0 Å². The van der Waals surface area contributed by atoms with E-state index >= 15 is 0 Å². The molecule has 0 saturated heterocycles. The maximum atomic E-state index is 9.11. The summed E-state index contributed by atoms with van der Waals surface area (Å²) in [6.45, 7) is 0. The first-order chi connectivity index (χ1) is 7.24. The molecule has 2 rings (SSSR count). The summed E-state index contributed by atoms with van der Waals surface area (Å²) in [6, 6.07) is 7.13. The van der Waals surface area contributed by atoms with Crippen molar-refractivity contribution in [2.45, 2.75) is 10.6 Å². The van der Waals surface area contributed by atoms with Crippen molar-refractivity contribution in [2.24, 2.45) is 0 Å². The molecular weight excluding hydrogens is 228 g/mol. The molecule has 3 N–H and O–H groups in total. The van der Waals surface area contributed by atoms with Gasteiger partial charge in [-0.3, -0.25) is 0 Å². The highest BCUT2D eigenvalue weighted by Crippen LogP contribution is 2.25. The van der Waals surface area contributed by atoms with Gasteiger partial charge in [-0.25, -0.2) is 4.98 Å². The molecule has 15 heavy (non-hydrogen) atoms. The molecule has 0 atom stereocenters. The molecule has 5 heteroatoms. The summed E-state index contributed by atoms with van der Waals surface area (Å²) in [7, 11) is 0. The maximum absolute atomic E-state index is 9.11. The van der Waals surface area contributed by atoms with Gasteiger partial charge < -0.3 is 10.8 Å². The van der Waals surface area contributed by atoms with Gasteiger partial charge >= 0.3 is 0 Å². The van der Waals surface area contributed by atoms with Gasteiger partial charge in [-0.1, -0.05) is 0 Å². The Morgan fingerprint density at radius 1 is 1.33 bits per heavy atom. The third kappa shape index (κ3) is 2.87. The predicted molar refractivity (Wildman–Crippen MR) is 64.2 cm³/mol. The minimum absolute atomic E-state index is 0.289. The molecule has 0 spiro atoms. The fourth-order valence-electron chi connectivity index (χ4n) is 1.09. The zero-order valence-electron chi connectivity index (χ0n) is 7.88. The zero-order chi connectivity index (χ0) is 10.7. The van der Waals surface area contributed by atoms with Gasteiger partial charge in [0.25, 0.3) is 0 Å². The van der Waals surface area contributed by atoms with Gasteiger partial charge in [-0.15, -0.1) is 23.1 Å². The van der Waals surface area contributed by atoms with E-state index in [9.17, 15) is 0 Å². The Morgan fingerprint density at radius 3 is 2.67 bits per heavy atom. The van der Waals surface area contributed by atoms with Gasteiger partial charge in [-0.05, 0) is 24.3 Å². The standard InChI is InChI=1S/C10H10N2OS2/c11-10-12-7(6-15-10)5-14-9-3-1-8(13)2-4-9/h1-4,6,13H,5H2,(H2,11,12). The molecular formula is C10H10N2OS2. The van der Waals surface area contributed by atoms with Gasteiger partial charge in [0.2, 0.25) is 0 Å². The molecule has 0 bridgehead atoms. The van der Waals surface area contributed by atoms with E-state index in [1.54, 1.807) is 23.9 Å². The number of rotatable bonds is 3. The molecule has 0 aliphatic rings. The van der Waals surface area contributed by atoms with Crippen LogP contribution in [0.5, 0.6) is 5.75 Å². The van der Waals surface area contributed by atoms with Crippen LogP contribution in [0.1, 0.15) is 5.69 Å². The number of phenols is 1. The molecule has 1 aromatic heterocycles. The molecule has 0 aliphatic heterocycles. The Hall–Kier alpha value is -1.20. The lowest BCUT2D eigenvalue weighted by atomic mass is 10.3. The number of thioether (sulfide) groups is 1. The third-order valence-corrected chi connectivity index (χ3v) is 3.56. The average Bonchev–Trinajstić information content (AvgIpc) is 2.64. The smallest absolute Gasteiger partial charge is 0.180 e. The summed E-state index contributed by atoms with van der Waals surface area (Å²) < 4.78 is 0. The highest BCUT2D eigenvalue weighted by Gasteiger charge is 2.00. The first-order valence-electron chi connectivity index (χ1n) is 4.36. The molecule has 0 radical (unpaired) electrons. The molecule has 1 heterocycles. The lowest BCUT2D eigenvalue weighted by Crippen LogP contribution is -1.84. The van der Waals surface area contributed by atoms with E-state index in [2.05, 4.69) is 4.98 Å². The van der Waals surface area contributed by atoms with Crippen LogP contribution in [-0.4, -0.2) is 10.1 Å². The number of nitrogens with zero attached hydrogens (tertiary/aromatic N) is 1. The quantitative estimate of drug-likeness (QED) is 0.807. The second-order valence-electron chi connectivity index (χ2n) is 2.96. The lowest BCUT2D eigenvalue weighted by molar-refractivity contribution is 0.475. The fraction of sp³-hybridized carbons (Fsp3) is 0.100. The third-order valence-electron chi connectivity index (χ3n) is 1.79. The van der Waals surface area contributed by atoms with E-state index in [0.29, 0.717) is 5.13 Å². The normalized spacial score (nSPS) is 10.4. The predicted octanol–water partition coefficient (Wildman–Crippen LogP) is 2.72. The van der Waals surface area contributed by atoms with Crippen LogP contribution in [0.4, 0.5) is 5.13 Å². The number of hydrogen-bond acceptors (Lipinski definition) is 5. The van der Waals surface area contributed by atoms with E-state index in [-0.39, 0.29) is 5.75 Å². The van der Waals surface area contributed by atoms with Crippen LogP contribution in [0.25, 0.3) is 0 Å². The Balaban J connectivity index is 1.96. The number of aromatic hydroxyl groups is 1. The second kappa shape index (κ2) is 4.55. The van der Waals surface area contributed by atoms with Crippen molar-refractivity contribution in [2.75, 3.05) is 5.73 Å². The van der Waals surface area contributed by atoms with Crippen LogP contribution >= 0.6 is 23.1 Å². The van der Waals surface area contributed by atoms with Crippen molar-refractivity contribution in [1.82, 2.24) is 4.98 Å². The van der Waals surface area contributed by atoms with Crippen LogP contribution in [0.2, 0.25) is 0 Å². The van der Waals surface area contributed by atoms with Gasteiger partial charge in [0.15, 0.2) is 5.13 Å². The van der Waals surface area contributed by atoms with Crippen LogP contribution < -0.4 is 5.73 Å². The molecule has 3 nitrogen and oxygen atoms in total. The summed E-state index contributed by atoms with van der Waals surface area (Å²) in [5, 5.41) is 11.7. The summed E-state index contributed by atoms with van der Waals surface area (Å²) >= 11 is 3.13. The van der Waals surface area contributed by atoms with Crippen LogP contribution in [0.15, 0.2) is 34.5 Å². The minimum Gasteiger partial charge on any atom is -0.508 e. The Bertz CT molecular complexity index is 439. The Morgan fingerprint density at radius 2 is 2.07 bits per heavy atom. The highest BCUT2D eigenvalue weighted by atomic mass is 32.2. The summed E-state index contributed by atoms with van der Waals surface area (Å²) in [6.07, 6.45) is 0. The summed E-state index contributed by atoms with van der Waals surface area (Å²) in [4.78, 5) is 5.28. The van der Waals surface area contributed by atoms with Gasteiger partial charge in [-0.2, -0.15) is 0 Å². The van der Waals surface area contributed by atoms with Crippen LogP contribution in [-0.2, 0) is 5.75 Å². The Kier molecular flexibility index (Phi) is 3.13. The number of nitrogens with two attached hydrogens (primary N) is 1. The van der Waals surface area contributed by atoms with E-state index in [1.165, 1.54) is 11.3 Å². The molecule has 0 aliphatic carbocycles. The van der Waals surface area contributed by atoms with Crippen molar-refractivity contribution in [1.29, 1.82) is 0 Å². The topological polar surface area (TPSA) is 59.1 Å². The van der Waals surface area contributed by atoms with Crippen molar-refractivity contribution in [3.8, 4) is 5.75 Å². The number of phenolic OH excluding ortho intramolecular Hbond substituents is 1. The molecule has 2 aromatic rings. The summed E-state index contributed by atoms with van der Waals surface area (Å²) in [5.74, 6) is 1.09. The number of thiazole rings is 1. The van der Waals surface area contributed by atoms with E-state index in [4.69, 9.17) is 10.8 Å². The first kappa shape index (κ1) is 10.3. The second-order valence-corrected chi connectivity index (χ2v) is 4.90. The number of benzene rings is 1. The van der Waals surface area contributed by atoms with E-state index in [0.717, 1.165) is 16.3 Å². The number of aromatic nitrogens is 1. The number of anilines is 1. The zero-order valence-corrected chi connectivity index (χ0v) is 9.52.